The first-order valence-electron chi connectivity index (χ1n) is 19.6. The number of hydrogen-bond donors (Lipinski definition) is 0. The Morgan fingerprint density at radius 3 is 1.19 bits per heavy atom. The number of aromatic nitrogens is 3. The van der Waals surface area contributed by atoms with Crippen molar-refractivity contribution in [2.75, 3.05) is 0 Å². The van der Waals surface area contributed by atoms with Gasteiger partial charge < -0.3 is 9.13 Å². The largest absolute Gasteiger partial charge is 0.307 e. The Morgan fingerprint density at radius 2 is 0.690 bits per heavy atom. The van der Waals surface area contributed by atoms with Crippen LogP contribution in [-0.2, 0) is 0 Å². The third kappa shape index (κ3) is 4.45. The Morgan fingerprint density at radius 1 is 0.310 bits per heavy atom. The minimum atomic E-state index is 0.946. The molecular weight excluding hydrogens is 743 g/mol. The maximum atomic E-state index is 5.60. The quantitative estimate of drug-likeness (QED) is 0.175. The second-order valence-electron chi connectivity index (χ2n) is 15.0. The lowest BCUT2D eigenvalue weighted by Gasteiger charge is -2.14. The van der Waals surface area contributed by atoms with Crippen LogP contribution in [0.25, 0.3) is 118 Å². The molecule has 13 rings (SSSR count). The van der Waals surface area contributed by atoms with Crippen molar-refractivity contribution in [1.82, 2.24) is 14.1 Å². The molecule has 270 valence electrons. The van der Waals surface area contributed by atoms with E-state index in [4.69, 9.17) is 4.98 Å². The zero-order chi connectivity index (χ0) is 37.9. The standard InChI is InChI=1S/C53H31N3S2/c1-5-26-44-32(14-1)36-18-9-22-40(50(36)55(44)46-28-11-20-38-34-16-3-7-30-48(34)57-52(38)46)42-24-13-25-43(54-42)41-23-10-19-37-33-15-2-6-27-45(33)56(51(37)41)47-29-12-21-39-35-17-4-8-31-49(35)58-53(39)47/h1-31H. The molecule has 5 heteroatoms. The summed E-state index contributed by atoms with van der Waals surface area (Å²) in [6, 6.07) is 68.6. The molecule has 0 fully saturated rings. The lowest BCUT2D eigenvalue weighted by atomic mass is 10.0. The average Bonchev–Trinajstić information content (AvgIpc) is 4.04. The molecule has 0 saturated carbocycles. The second kappa shape index (κ2) is 12.2. The molecule has 0 bridgehead atoms. The lowest BCUT2D eigenvalue weighted by molar-refractivity contribution is 1.19. The van der Waals surface area contributed by atoms with E-state index in [1.807, 2.05) is 22.7 Å². The van der Waals surface area contributed by atoms with Crippen molar-refractivity contribution in [1.29, 1.82) is 0 Å². The van der Waals surface area contributed by atoms with Gasteiger partial charge in [0.1, 0.15) is 0 Å². The third-order valence-corrected chi connectivity index (χ3v) is 14.4. The van der Waals surface area contributed by atoms with Crippen LogP contribution in [0.4, 0.5) is 0 Å². The van der Waals surface area contributed by atoms with E-state index in [1.165, 1.54) is 95.3 Å². The SMILES string of the molecule is c1cc(-c2cccc3c4ccccc4n(-c4cccc5c4sc4ccccc45)c23)nc(-c2cccc3c4ccccc4n(-c4cccc5c4sc4ccccc45)c23)c1. The highest BCUT2D eigenvalue weighted by Gasteiger charge is 2.22. The molecule has 3 nitrogen and oxygen atoms in total. The molecule has 5 aromatic heterocycles. The highest BCUT2D eigenvalue weighted by atomic mass is 32.1. The van der Waals surface area contributed by atoms with Crippen molar-refractivity contribution in [3.63, 3.8) is 0 Å². The van der Waals surface area contributed by atoms with Crippen LogP contribution in [0.5, 0.6) is 0 Å². The average molecular weight is 774 g/mol. The number of fused-ring (bicyclic) bond motifs is 12. The van der Waals surface area contributed by atoms with E-state index in [9.17, 15) is 0 Å². The number of benzene rings is 8. The molecule has 0 amide bonds. The van der Waals surface area contributed by atoms with Gasteiger partial charge in [-0.15, -0.1) is 22.7 Å². The second-order valence-corrected chi connectivity index (χ2v) is 17.1. The van der Waals surface area contributed by atoms with Crippen molar-refractivity contribution in [2.24, 2.45) is 0 Å². The van der Waals surface area contributed by atoms with Gasteiger partial charge in [0.15, 0.2) is 0 Å². The number of thiophene rings is 2. The number of nitrogens with zero attached hydrogens (tertiary/aromatic N) is 3. The highest BCUT2D eigenvalue weighted by molar-refractivity contribution is 7.26. The molecule has 0 radical (unpaired) electrons. The van der Waals surface area contributed by atoms with Crippen LogP contribution in [-0.4, -0.2) is 14.1 Å². The fraction of sp³-hybridized carbons (Fsp3) is 0. The van der Waals surface area contributed by atoms with E-state index in [1.54, 1.807) is 0 Å². The summed E-state index contributed by atoms with van der Waals surface area (Å²) in [5.41, 5.74) is 11.2. The van der Waals surface area contributed by atoms with Gasteiger partial charge in [0, 0.05) is 63.6 Å². The lowest BCUT2D eigenvalue weighted by Crippen LogP contribution is -1.98. The Labute approximate surface area is 340 Å². The molecule has 0 saturated heterocycles. The first kappa shape index (κ1) is 32.1. The third-order valence-electron chi connectivity index (χ3n) is 11.9. The summed E-state index contributed by atoms with van der Waals surface area (Å²) in [6.07, 6.45) is 0. The summed E-state index contributed by atoms with van der Waals surface area (Å²) in [5, 5.41) is 10.1. The monoisotopic (exact) mass is 773 g/mol. The maximum Gasteiger partial charge on any atom is 0.0730 e. The number of hydrogen-bond acceptors (Lipinski definition) is 3. The van der Waals surface area contributed by atoms with Crippen molar-refractivity contribution in [2.45, 2.75) is 0 Å². The Balaban J connectivity index is 1.08. The summed E-state index contributed by atoms with van der Waals surface area (Å²) >= 11 is 3.74. The summed E-state index contributed by atoms with van der Waals surface area (Å²) < 4.78 is 10.1. The van der Waals surface area contributed by atoms with Crippen LogP contribution in [0.2, 0.25) is 0 Å². The Hall–Kier alpha value is -7.05. The molecule has 13 aromatic rings. The molecule has 0 aliphatic carbocycles. The first-order valence-corrected chi connectivity index (χ1v) is 21.3. The molecule has 0 unspecified atom stereocenters. The zero-order valence-electron chi connectivity index (χ0n) is 31.1. The predicted molar refractivity (Wildman–Crippen MR) is 250 cm³/mol. The predicted octanol–water partition coefficient (Wildman–Crippen LogP) is 15.3. The molecule has 0 N–H and O–H groups in total. The minimum absolute atomic E-state index is 0.946. The molecule has 0 aliphatic rings. The van der Waals surface area contributed by atoms with Crippen molar-refractivity contribution < 1.29 is 0 Å². The minimum Gasteiger partial charge on any atom is -0.307 e. The molecule has 0 atom stereocenters. The van der Waals surface area contributed by atoms with E-state index >= 15 is 0 Å². The van der Waals surface area contributed by atoms with Crippen LogP contribution in [0.15, 0.2) is 188 Å². The summed E-state index contributed by atoms with van der Waals surface area (Å²) in [6.45, 7) is 0. The van der Waals surface area contributed by atoms with E-state index < -0.39 is 0 Å². The maximum absolute atomic E-state index is 5.60. The smallest absolute Gasteiger partial charge is 0.0730 e. The van der Waals surface area contributed by atoms with Crippen LogP contribution in [0, 0.1) is 0 Å². The van der Waals surface area contributed by atoms with Crippen molar-refractivity contribution in [3.8, 4) is 33.9 Å². The van der Waals surface area contributed by atoms with Gasteiger partial charge in [-0.05, 0) is 48.5 Å². The van der Waals surface area contributed by atoms with Gasteiger partial charge in [0.25, 0.3) is 0 Å². The Bertz CT molecular complexity index is 3570. The van der Waals surface area contributed by atoms with Gasteiger partial charge in [0.05, 0.1) is 54.2 Å². The van der Waals surface area contributed by atoms with Gasteiger partial charge in [-0.25, -0.2) is 4.98 Å². The van der Waals surface area contributed by atoms with E-state index in [2.05, 4.69) is 197 Å². The van der Waals surface area contributed by atoms with Crippen molar-refractivity contribution in [3.05, 3.63) is 188 Å². The van der Waals surface area contributed by atoms with Crippen molar-refractivity contribution >= 4 is 107 Å². The molecule has 0 spiro atoms. The van der Waals surface area contributed by atoms with Gasteiger partial charge in [-0.3, -0.25) is 0 Å². The number of pyridine rings is 1. The summed E-state index contributed by atoms with van der Waals surface area (Å²) in [7, 11) is 0. The molecule has 5 heterocycles. The van der Waals surface area contributed by atoms with Crippen LogP contribution in [0.3, 0.4) is 0 Å². The zero-order valence-corrected chi connectivity index (χ0v) is 32.7. The molecule has 8 aromatic carbocycles. The van der Waals surface area contributed by atoms with Crippen LogP contribution < -0.4 is 0 Å². The van der Waals surface area contributed by atoms with Gasteiger partial charge >= 0.3 is 0 Å². The first-order chi connectivity index (χ1) is 28.8. The molecule has 58 heavy (non-hydrogen) atoms. The van der Waals surface area contributed by atoms with Gasteiger partial charge in [-0.2, -0.15) is 0 Å². The fourth-order valence-electron chi connectivity index (χ4n) is 9.50. The number of para-hydroxylation sites is 4. The van der Waals surface area contributed by atoms with Gasteiger partial charge in [-0.1, -0.05) is 140 Å². The highest BCUT2D eigenvalue weighted by Crippen LogP contribution is 2.45. The Kier molecular flexibility index (Phi) is 6.76. The summed E-state index contributed by atoms with van der Waals surface area (Å²) in [5.74, 6) is 0. The molecular formula is C53H31N3S2. The number of rotatable bonds is 4. The van der Waals surface area contributed by atoms with Gasteiger partial charge in [0.2, 0.25) is 0 Å². The van der Waals surface area contributed by atoms with E-state index in [0.29, 0.717) is 0 Å². The van der Waals surface area contributed by atoms with E-state index in [-0.39, 0.29) is 0 Å². The van der Waals surface area contributed by atoms with Crippen LogP contribution >= 0.6 is 22.7 Å². The van der Waals surface area contributed by atoms with Crippen LogP contribution in [0.1, 0.15) is 0 Å². The fourth-order valence-corrected chi connectivity index (χ4v) is 11.9. The molecule has 0 aliphatic heterocycles. The topological polar surface area (TPSA) is 22.8 Å². The van der Waals surface area contributed by atoms with E-state index in [0.717, 1.165) is 22.5 Å². The summed E-state index contributed by atoms with van der Waals surface area (Å²) in [4.78, 5) is 5.60. The normalized spacial score (nSPS) is 12.1.